The minimum Gasteiger partial charge on any atom is -0.330 e. The van der Waals surface area contributed by atoms with Gasteiger partial charge >= 0.3 is 6.18 Å². The van der Waals surface area contributed by atoms with Crippen LogP contribution in [0.2, 0.25) is 0 Å². The molecule has 0 spiro atoms. The second-order valence-electron chi connectivity index (χ2n) is 7.16. The third-order valence-electron chi connectivity index (χ3n) is 5.44. The Morgan fingerprint density at radius 3 is 2.32 bits per heavy atom. The van der Waals surface area contributed by atoms with Crippen molar-refractivity contribution >= 4 is 0 Å². The van der Waals surface area contributed by atoms with Crippen LogP contribution in [0.15, 0.2) is 36.7 Å². The van der Waals surface area contributed by atoms with Gasteiger partial charge in [-0.2, -0.15) is 18.3 Å². The quantitative estimate of drug-likeness (QED) is 0.902. The highest BCUT2D eigenvalue weighted by atomic mass is 19.4. The molecule has 7 heteroatoms. The Labute approximate surface area is 144 Å². The third-order valence-corrected chi connectivity index (χ3v) is 5.44. The predicted octanol–water partition coefficient (Wildman–Crippen LogP) is 2.59. The van der Waals surface area contributed by atoms with Crippen molar-refractivity contribution in [3.63, 3.8) is 0 Å². The molecule has 2 fully saturated rings. The number of nitrogens with zero attached hydrogens (tertiary/aromatic N) is 3. The number of fused-ring (bicyclic) bond motifs is 1. The van der Waals surface area contributed by atoms with Gasteiger partial charge in [0, 0.05) is 31.4 Å². The molecule has 2 heterocycles. The molecule has 1 aromatic heterocycles. The molecule has 0 amide bonds. The zero-order chi connectivity index (χ0) is 17.6. The van der Waals surface area contributed by atoms with E-state index in [1.807, 2.05) is 12.4 Å². The molecule has 1 saturated carbocycles. The van der Waals surface area contributed by atoms with Crippen molar-refractivity contribution in [2.24, 2.45) is 23.5 Å². The fourth-order valence-corrected chi connectivity index (χ4v) is 4.03. The number of piperidine rings is 1. The van der Waals surface area contributed by atoms with E-state index >= 15 is 0 Å². The molecular formula is C18H21F3N4. The Balaban J connectivity index is 1.33. The molecule has 25 heavy (non-hydrogen) atoms. The molecule has 1 aliphatic carbocycles. The molecule has 2 aliphatic rings. The van der Waals surface area contributed by atoms with Gasteiger partial charge < -0.3 is 5.73 Å². The van der Waals surface area contributed by atoms with Crippen molar-refractivity contribution in [3.8, 4) is 0 Å². The van der Waals surface area contributed by atoms with E-state index in [0.29, 0.717) is 6.54 Å². The van der Waals surface area contributed by atoms with E-state index in [1.165, 1.54) is 12.1 Å². The van der Waals surface area contributed by atoms with Crippen LogP contribution < -0.4 is 5.73 Å². The van der Waals surface area contributed by atoms with Crippen molar-refractivity contribution in [2.45, 2.75) is 19.3 Å². The summed E-state index contributed by atoms with van der Waals surface area (Å²) in [6.07, 6.45) is -0.479. The van der Waals surface area contributed by atoms with Crippen molar-refractivity contribution < 1.29 is 13.2 Å². The highest BCUT2D eigenvalue weighted by molar-refractivity contribution is 5.25. The molecule has 4 nitrogen and oxygen atoms in total. The number of alkyl halides is 3. The fraction of sp³-hybridized carbons (Fsp3) is 0.500. The molecule has 1 unspecified atom stereocenters. The summed E-state index contributed by atoms with van der Waals surface area (Å²) >= 11 is 0. The van der Waals surface area contributed by atoms with Crippen LogP contribution in [0.4, 0.5) is 13.2 Å². The molecule has 1 aliphatic heterocycles. The Morgan fingerprint density at radius 2 is 1.72 bits per heavy atom. The lowest BCUT2D eigenvalue weighted by Crippen LogP contribution is -2.25. The number of hydrogen-bond donors (Lipinski definition) is 1. The van der Waals surface area contributed by atoms with Crippen molar-refractivity contribution in [1.82, 2.24) is 14.7 Å². The lowest BCUT2D eigenvalue weighted by atomic mass is 10.1. The molecule has 0 radical (unpaired) electrons. The van der Waals surface area contributed by atoms with E-state index in [4.69, 9.17) is 5.73 Å². The predicted molar refractivity (Wildman–Crippen MR) is 87.6 cm³/mol. The summed E-state index contributed by atoms with van der Waals surface area (Å²) in [6, 6.07) is 5.24. The molecule has 2 N–H and O–H groups in total. The molecule has 134 valence electrons. The maximum Gasteiger partial charge on any atom is 0.416 e. The Kier molecular flexibility index (Phi) is 4.08. The lowest BCUT2D eigenvalue weighted by molar-refractivity contribution is -0.137. The van der Waals surface area contributed by atoms with E-state index < -0.39 is 11.7 Å². The summed E-state index contributed by atoms with van der Waals surface area (Å²) in [5.74, 6) is 2.26. The van der Waals surface area contributed by atoms with Crippen LogP contribution in [-0.2, 0) is 19.3 Å². The highest BCUT2D eigenvalue weighted by Gasteiger charge is 2.54. The maximum atomic E-state index is 12.6. The molecule has 2 aromatic rings. The second kappa shape index (κ2) is 6.14. The van der Waals surface area contributed by atoms with Gasteiger partial charge in [-0.05, 0) is 42.0 Å². The topological polar surface area (TPSA) is 47.1 Å². The first kappa shape index (κ1) is 16.6. The van der Waals surface area contributed by atoms with Gasteiger partial charge in [0.2, 0.25) is 0 Å². The number of benzene rings is 1. The van der Waals surface area contributed by atoms with Crippen LogP contribution in [0.3, 0.4) is 0 Å². The van der Waals surface area contributed by atoms with Crippen LogP contribution in [0.5, 0.6) is 0 Å². The molecule has 4 rings (SSSR count). The average molecular weight is 350 g/mol. The second-order valence-corrected chi connectivity index (χ2v) is 7.16. The van der Waals surface area contributed by atoms with Crippen molar-refractivity contribution in [2.75, 3.05) is 19.6 Å². The van der Waals surface area contributed by atoms with E-state index in [9.17, 15) is 13.2 Å². The van der Waals surface area contributed by atoms with E-state index in [0.717, 1.165) is 67.2 Å². The van der Waals surface area contributed by atoms with Gasteiger partial charge in [0.25, 0.3) is 0 Å². The van der Waals surface area contributed by atoms with E-state index in [1.54, 1.807) is 4.68 Å². The van der Waals surface area contributed by atoms with Gasteiger partial charge in [0.05, 0.1) is 18.3 Å². The number of aromatic nitrogens is 2. The van der Waals surface area contributed by atoms with Crippen molar-refractivity contribution in [1.29, 1.82) is 0 Å². The fourth-order valence-electron chi connectivity index (χ4n) is 4.03. The Bertz CT molecular complexity index is 726. The normalized spacial score (nSPS) is 26.0. The Hall–Kier alpha value is -1.86. The number of hydrogen-bond acceptors (Lipinski definition) is 3. The van der Waals surface area contributed by atoms with E-state index in [-0.39, 0.29) is 0 Å². The first-order valence-electron chi connectivity index (χ1n) is 8.54. The summed E-state index contributed by atoms with van der Waals surface area (Å²) in [6.45, 7) is 4.36. The lowest BCUT2D eigenvalue weighted by Gasteiger charge is -2.17. The summed E-state index contributed by atoms with van der Waals surface area (Å²) < 4.78 is 39.6. The van der Waals surface area contributed by atoms with Gasteiger partial charge in [0.1, 0.15) is 0 Å². The minimum absolute atomic E-state index is 0.471. The van der Waals surface area contributed by atoms with Crippen LogP contribution >= 0.6 is 0 Å². The number of likely N-dealkylation sites (tertiary alicyclic amines) is 1. The van der Waals surface area contributed by atoms with Crippen LogP contribution in [0.25, 0.3) is 0 Å². The summed E-state index contributed by atoms with van der Waals surface area (Å²) in [5.41, 5.74) is 7.05. The molecular weight excluding hydrogens is 329 g/mol. The van der Waals surface area contributed by atoms with Gasteiger partial charge in [-0.25, -0.2) is 0 Å². The van der Waals surface area contributed by atoms with Gasteiger partial charge in [-0.3, -0.25) is 9.58 Å². The standard InChI is InChI=1S/C18H21F3N4/c19-18(20,21)14-3-1-12(2-4-14)8-25-9-13(6-23-25)7-24-10-16-15(5-22)17(16)11-24/h1-4,6,9,15-17H,5,7-8,10-11,22H2/t15?,16-,17+. The zero-order valence-corrected chi connectivity index (χ0v) is 13.8. The van der Waals surface area contributed by atoms with Crippen LogP contribution in [0, 0.1) is 17.8 Å². The van der Waals surface area contributed by atoms with Gasteiger partial charge in [-0.1, -0.05) is 12.1 Å². The maximum absolute atomic E-state index is 12.6. The number of rotatable bonds is 5. The highest BCUT2D eigenvalue weighted by Crippen LogP contribution is 2.51. The Morgan fingerprint density at radius 1 is 1.04 bits per heavy atom. The van der Waals surface area contributed by atoms with Crippen LogP contribution in [0.1, 0.15) is 16.7 Å². The zero-order valence-electron chi connectivity index (χ0n) is 13.8. The van der Waals surface area contributed by atoms with E-state index in [2.05, 4.69) is 10.00 Å². The smallest absolute Gasteiger partial charge is 0.330 e. The van der Waals surface area contributed by atoms with Crippen LogP contribution in [-0.4, -0.2) is 34.3 Å². The third kappa shape index (κ3) is 3.43. The summed E-state index contributed by atoms with van der Waals surface area (Å²) in [4.78, 5) is 2.43. The van der Waals surface area contributed by atoms with Crippen molar-refractivity contribution in [3.05, 3.63) is 53.3 Å². The molecule has 1 saturated heterocycles. The molecule has 0 bridgehead atoms. The number of halogens is 3. The molecule has 1 aromatic carbocycles. The first-order chi connectivity index (χ1) is 11.9. The molecule has 3 atom stereocenters. The summed E-state index contributed by atoms with van der Waals surface area (Å²) in [5, 5.41) is 4.33. The number of nitrogens with two attached hydrogens (primary N) is 1. The summed E-state index contributed by atoms with van der Waals surface area (Å²) in [7, 11) is 0. The van der Waals surface area contributed by atoms with Gasteiger partial charge in [0.15, 0.2) is 0 Å². The first-order valence-corrected chi connectivity index (χ1v) is 8.54. The largest absolute Gasteiger partial charge is 0.416 e. The SMILES string of the molecule is NCC1[C@H]2CN(Cc3cnn(Cc4ccc(C(F)(F)F)cc4)c3)C[C@@H]12. The van der Waals surface area contributed by atoms with Gasteiger partial charge in [-0.15, -0.1) is 0 Å². The minimum atomic E-state index is -4.29. The average Bonchev–Trinajstić information content (AvgIpc) is 2.87. The monoisotopic (exact) mass is 350 g/mol.